The molecule has 2 aromatic heterocycles. The van der Waals surface area contributed by atoms with Crippen LogP contribution >= 0.6 is 11.6 Å². The molecule has 4 rings (SSSR count). The molecule has 0 saturated carbocycles. The Morgan fingerprint density at radius 3 is 2.84 bits per heavy atom. The van der Waals surface area contributed by atoms with Crippen molar-refractivity contribution >= 4 is 29.2 Å². The van der Waals surface area contributed by atoms with Gasteiger partial charge < -0.3 is 15.1 Å². The summed E-state index contributed by atoms with van der Waals surface area (Å²) in [6.07, 6.45) is 1.11. The Balaban J connectivity index is 1.71. The Morgan fingerprint density at radius 2 is 2.16 bits per heavy atom. The number of halogens is 2. The fourth-order valence-corrected chi connectivity index (χ4v) is 3.65. The van der Waals surface area contributed by atoms with E-state index < -0.39 is 18.0 Å². The number of rotatable bonds is 5. The molecule has 0 radical (unpaired) electrons. The Kier molecular flexibility index (Phi) is 5.79. The molecule has 31 heavy (non-hydrogen) atoms. The lowest BCUT2D eigenvalue weighted by molar-refractivity contribution is -0.126. The average molecular weight is 446 g/mol. The summed E-state index contributed by atoms with van der Waals surface area (Å²) in [6, 6.07) is 8.93. The molecular formula is C21H21ClFN5O3. The van der Waals surface area contributed by atoms with E-state index in [9.17, 15) is 14.0 Å². The molecule has 2 amide bonds. The summed E-state index contributed by atoms with van der Waals surface area (Å²) in [7, 11) is 0. The zero-order chi connectivity index (χ0) is 22.1. The molecule has 8 nitrogen and oxygen atoms in total. The molecule has 0 bridgehead atoms. The van der Waals surface area contributed by atoms with E-state index in [2.05, 4.69) is 21.0 Å². The summed E-state index contributed by atoms with van der Waals surface area (Å²) in [6.45, 7) is 4.01. The molecule has 0 aliphatic carbocycles. The number of carbonyl (C=O) groups excluding carboxylic acids is 2. The highest BCUT2D eigenvalue weighted by Crippen LogP contribution is 2.27. The predicted octanol–water partition coefficient (Wildman–Crippen LogP) is 3.78. The van der Waals surface area contributed by atoms with Crippen LogP contribution in [-0.2, 0) is 4.79 Å². The van der Waals surface area contributed by atoms with E-state index in [-0.39, 0.29) is 34.3 Å². The number of nitrogens with one attached hydrogen (secondary N) is 3. The number of furan rings is 1. The van der Waals surface area contributed by atoms with Crippen LogP contribution < -0.4 is 16.0 Å². The third-order valence-corrected chi connectivity index (χ3v) is 5.38. The van der Waals surface area contributed by atoms with Gasteiger partial charge in [-0.05, 0) is 30.2 Å². The number of benzene rings is 1. The highest BCUT2D eigenvalue weighted by Gasteiger charge is 2.31. The van der Waals surface area contributed by atoms with E-state index in [1.165, 1.54) is 23.1 Å². The summed E-state index contributed by atoms with van der Waals surface area (Å²) in [5, 5.41) is 13.3. The van der Waals surface area contributed by atoms with Gasteiger partial charge in [-0.3, -0.25) is 14.9 Å². The second kappa shape index (κ2) is 8.52. The maximum Gasteiger partial charge on any atom is 0.261 e. The van der Waals surface area contributed by atoms with Gasteiger partial charge in [-0.2, -0.15) is 5.10 Å². The van der Waals surface area contributed by atoms with Crippen molar-refractivity contribution in [3.8, 4) is 11.5 Å². The van der Waals surface area contributed by atoms with Crippen molar-refractivity contribution in [1.82, 2.24) is 20.4 Å². The minimum Gasteiger partial charge on any atom is -0.463 e. The second-order valence-corrected chi connectivity index (χ2v) is 7.99. The van der Waals surface area contributed by atoms with E-state index in [0.717, 1.165) is 6.07 Å². The van der Waals surface area contributed by atoms with Crippen LogP contribution in [0.5, 0.6) is 0 Å². The SMILES string of the molecule is CC(C)C1CC(=O)NC(n2nc(-c3ccco3)cc2NC(=O)c2c(F)cccc2Cl)N1. The molecule has 3 aromatic rings. The lowest BCUT2D eigenvalue weighted by atomic mass is 9.99. The monoisotopic (exact) mass is 445 g/mol. The summed E-state index contributed by atoms with van der Waals surface area (Å²) >= 11 is 6.03. The Hall–Kier alpha value is -3.17. The highest BCUT2D eigenvalue weighted by molar-refractivity contribution is 6.34. The normalized spacial score (nSPS) is 18.8. The standard InChI is InChI=1S/C21H21ClFN5O3/c1-11(2)14-10-18(29)26-21(24-14)28-17(9-15(27-28)16-7-4-8-31-16)25-20(30)19-12(22)5-3-6-13(19)23/h3-9,11,14,21,24H,10H2,1-2H3,(H,25,30)(H,26,29). The lowest BCUT2D eigenvalue weighted by Crippen LogP contribution is -2.55. The van der Waals surface area contributed by atoms with Crippen LogP contribution in [0.15, 0.2) is 47.1 Å². The number of hydrogen-bond donors (Lipinski definition) is 3. The number of hydrogen-bond acceptors (Lipinski definition) is 5. The van der Waals surface area contributed by atoms with E-state index in [0.29, 0.717) is 17.9 Å². The van der Waals surface area contributed by atoms with Gasteiger partial charge in [0, 0.05) is 18.5 Å². The predicted molar refractivity (Wildman–Crippen MR) is 113 cm³/mol. The fraction of sp³-hybridized carbons (Fsp3) is 0.286. The first kappa shape index (κ1) is 21.1. The zero-order valence-electron chi connectivity index (χ0n) is 16.9. The first-order valence-corrected chi connectivity index (χ1v) is 10.2. The van der Waals surface area contributed by atoms with Gasteiger partial charge in [-0.25, -0.2) is 9.07 Å². The van der Waals surface area contributed by atoms with E-state index >= 15 is 0 Å². The quantitative estimate of drug-likeness (QED) is 0.555. The van der Waals surface area contributed by atoms with Crippen molar-refractivity contribution < 1.29 is 18.4 Å². The molecule has 1 aromatic carbocycles. The van der Waals surface area contributed by atoms with Crippen LogP contribution in [0.25, 0.3) is 11.5 Å². The molecule has 1 aliphatic rings. The topological polar surface area (TPSA) is 101 Å². The van der Waals surface area contributed by atoms with Crippen LogP contribution in [-0.4, -0.2) is 27.6 Å². The first-order valence-electron chi connectivity index (χ1n) is 9.77. The third-order valence-electron chi connectivity index (χ3n) is 5.07. The molecule has 1 fully saturated rings. The molecule has 10 heteroatoms. The van der Waals surface area contributed by atoms with Crippen LogP contribution in [0.1, 0.15) is 36.9 Å². The maximum atomic E-state index is 14.2. The number of aromatic nitrogens is 2. The lowest BCUT2D eigenvalue weighted by Gasteiger charge is -2.34. The molecule has 1 aliphatic heterocycles. The van der Waals surface area contributed by atoms with Crippen molar-refractivity contribution in [1.29, 1.82) is 0 Å². The van der Waals surface area contributed by atoms with Crippen molar-refractivity contribution in [3.63, 3.8) is 0 Å². The Morgan fingerprint density at radius 1 is 1.35 bits per heavy atom. The number of nitrogens with zero attached hydrogens (tertiary/aromatic N) is 2. The van der Waals surface area contributed by atoms with Crippen molar-refractivity contribution in [2.45, 2.75) is 32.6 Å². The molecule has 3 N–H and O–H groups in total. The zero-order valence-corrected chi connectivity index (χ0v) is 17.6. The van der Waals surface area contributed by atoms with Gasteiger partial charge in [0.25, 0.3) is 5.91 Å². The van der Waals surface area contributed by atoms with Crippen LogP contribution in [0.2, 0.25) is 5.02 Å². The van der Waals surface area contributed by atoms with E-state index in [4.69, 9.17) is 16.0 Å². The molecule has 2 atom stereocenters. The largest absolute Gasteiger partial charge is 0.463 e. The molecule has 1 saturated heterocycles. The minimum atomic E-state index is -0.744. The van der Waals surface area contributed by atoms with Crippen molar-refractivity contribution in [3.05, 3.63) is 59.1 Å². The summed E-state index contributed by atoms with van der Waals surface area (Å²) < 4.78 is 21.1. The number of carbonyl (C=O) groups is 2. The number of anilines is 1. The Bertz CT molecular complexity index is 1090. The maximum absolute atomic E-state index is 14.2. The van der Waals surface area contributed by atoms with Gasteiger partial charge >= 0.3 is 0 Å². The second-order valence-electron chi connectivity index (χ2n) is 7.58. The average Bonchev–Trinajstić information content (AvgIpc) is 3.37. The molecule has 162 valence electrons. The van der Waals surface area contributed by atoms with E-state index in [1.807, 2.05) is 13.8 Å². The van der Waals surface area contributed by atoms with Gasteiger partial charge in [-0.15, -0.1) is 0 Å². The first-order chi connectivity index (χ1) is 14.8. The van der Waals surface area contributed by atoms with Gasteiger partial charge in [-0.1, -0.05) is 31.5 Å². The highest BCUT2D eigenvalue weighted by atomic mass is 35.5. The fourth-order valence-electron chi connectivity index (χ4n) is 3.40. The minimum absolute atomic E-state index is 0.0150. The van der Waals surface area contributed by atoms with Gasteiger partial charge in [0.15, 0.2) is 12.0 Å². The molecule has 0 spiro atoms. The summed E-state index contributed by atoms with van der Waals surface area (Å²) in [5.74, 6) is -0.724. The molecular weight excluding hydrogens is 425 g/mol. The van der Waals surface area contributed by atoms with Crippen LogP contribution in [0.3, 0.4) is 0 Å². The van der Waals surface area contributed by atoms with Gasteiger partial charge in [0.1, 0.15) is 17.3 Å². The van der Waals surface area contributed by atoms with Crippen LogP contribution in [0, 0.1) is 11.7 Å². The number of amides is 2. The molecule has 3 heterocycles. The van der Waals surface area contributed by atoms with E-state index in [1.54, 1.807) is 18.2 Å². The van der Waals surface area contributed by atoms with Crippen LogP contribution in [0.4, 0.5) is 10.2 Å². The third kappa shape index (κ3) is 4.33. The molecule has 2 unspecified atom stereocenters. The van der Waals surface area contributed by atoms with Gasteiger partial charge in [0.05, 0.1) is 16.8 Å². The van der Waals surface area contributed by atoms with Gasteiger partial charge in [0.2, 0.25) is 5.91 Å². The summed E-state index contributed by atoms with van der Waals surface area (Å²) in [4.78, 5) is 25.1. The smallest absolute Gasteiger partial charge is 0.261 e. The summed E-state index contributed by atoms with van der Waals surface area (Å²) in [5.41, 5.74) is 0.153. The van der Waals surface area contributed by atoms with Crippen molar-refractivity contribution in [2.24, 2.45) is 5.92 Å². The van der Waals surface area contributed by atoms with Crippen molar-refractivity contribution in [2.75, 3.05) is 5.32 Å². The Labute approximate surface area is 182 Å².